The fraction of sp³-hybridized carbons (Fsp3) is 0.875. The van der Waals surface area contributed by atoms with Crippen molar-refractivity contribution >= 4 is 5.97 Å². The van der Waals surface area contributed by atoms with Crippen LogP contribution in [-0.4, -0.2) is 36.4 Å². The quantitative estimate of drug-likeness (QED) is 0.575. The van der Waals surface area contributed by atoms with Crippen LogP contribution in [0.2, 0.25) is 0 Å². The molecule has 2 saturated heterocycles. The van der Waals surface area contributed by atoms with Crippen LogP contribution in [0, 0.1) is 5.92 Å². The summed E-state index contributed by atoms with van der Waals surface area (Å²) in [5, 5.41) is 12.1. The Morgan fingerprint density at radius 2 is 2.50 bits per heavy atom. The summed E-state index contributed by atoms with van der Waals surface area (Å²) >= 11 is 0. The van der Waals surface area contributed by atoms with Gasteiger partial charge in [-0.2, -0.15) is 0 Å². The van der Waals surface area contributed by atoms with E-state index in [1.54, 1.807) is 0 Å². The summed E-state index contributed by atoms with van der Waals surface area (Å²) in [5.41, 5.74) is -0.905. The SMILES string of the molecule is O=C(O)C12CNCC1CCCO2. The van der Waals surface area contributed by atoms with Gasteiger partial charge in [-0.25, -0.2) is 4.79 Å². The van der Waals surface area contributed by atoms with Crippen LogP contribution in [-0.2, 0) is 9.53 Å². The number of hydrogen-bond donors (Lipinski definition) is 2. The van der Waals surface area contributed by atoms with E-state index in [0.29, 0.717) is 13.2 Å². The van der Waals surface area contributed by atoms with Gasteiger partial charge in [0.25, 0.3) is 0 Å². The summed E-state index contributed by atoms with van der Waals surface area (Å²) < 4.78 is 5.39. The molecule has 2 rings (SSSR count). The Hall–Kier alpha value is -0.610. The van der Waals surface area contributed by atoms with Crippen LogP contribution in [0.25, 0.3) is 0 Å². The van der Waals surface area contributed by atoms with Crippen molar-refractivity contribution in [3.05, 3.63) is 0 Å². The second-order valence-corrected chi connectivity index (χ2v) is 3.51. The van der Waals surface area contributed by atoms with Crippen LogP contribution in [0.15, 0.2) is 0 Å². The molecule has 0 aliphatic carbocycles. The average molecular weight is 171 g/mol. The molecular weight excluding hydrogens is 158 g/mol. The molecule has 0 aromatic heterocycles. The number of rotatable bonds is 1. The Labute approximate surface area is 70.9 Å². The maximum atomic E-state index is 11.0. The van der Waals surface area contributed by atoms with Gasteiger partial charge in [-0.3, -0.25) is 0 Å². The minimum Gasteiger partial charge on any atom is -0.479 e. The van der Waals surface area contributed by atoms with Gasteiger partial charge in [0.15, 0.2) is 5.60 Å². The van der Waals surface area contributed by atoms with Crippen molar-refractivity contribution in [2.24, 2.45) is 5.92 Å². The molecule has 0 radical (unpaired) electrons. The standard InChI is InChI=1S/C8H13NO3/c10-7(11)8-5-9-4-6(8)2-1-3-12-8/h6,9H,1-5H2,(H,10,11). The van der Waals surface area contributed by atoms with E-state index in [-0.39, 0.29) is 5.92 Å². The maximum Gasteiger partial charge on any atom is 0.337 e. The monoisotopic (exact) mass is 171 g/mol. The van der Waals surface area contributed by atoms with Crippen LogP contribution in [0.5, 0.6) is 0 Å². The predicted octanol–water partition coefficient (Wildman–Crippen LogP) is -0.160. The van der Waals surface area contributed by atoms with E-state index in [4.69, 9.17) is 9.84 Å². The first-order chi connectivity index (χ1) is 5.76. The zero-order chi connectivity index (χ0) is 8.60. The van der Waals surface area contributed by atoms with Gasteiger partial charge in [0.05, 0.1) is 0 Å². The Balaban J connectivity index is 2.23. The molecular formula is C8H13NO3. The summed E-state index contributed by atoms with van der Waals surface area (Å²) in [7, 11) is 0. The molecule has 2 N–H and O–H groups in total. The lowest BCUT2D eigenvalue weighted by atomic mass is 9.85. The summed E-state index contributed by atoms with van der Waals surface area (Å²) in [6.45, 7) is 1.84. The van der Waals surface area contributed by atoms with Gasteiger partial charge in [-0.1, -0.05) is 0 Å². The first kappa shape index (κ1) is 8.01. The molecule has 0 aromatic carbocycles. The highest BCUT2D eigenvalue weighted by molar-refractivity contribution is 5.79. The van der Waals surface area contributed by atoms with Crippen molar-refractivity contribution in [2.45, 2.75) is 18.4 Å². The van der Waals surface area contributed by atoms with E-state index in [0.717, 1.165) is 19.4 Å². The highest BCUT2D eigenvalue weighted by Gasteiger charge is 2.51. The van der Waals surface area contributed by atoms with Gasteiger partial charge in [0.1, 0.15) is 0 Å². The zero-order valence-electron chi connectivity index (χ0n) is 6.88. The number of carboxylic acid groups (broad SMARTS) is 1. The van der Waals surface area contributed by atoms with E-state index < -0.39 is 11.6 Å². The van der Waals surface area contributed by atoms with Crippen LogP contribution in [0.4, 0.5) is 0 Å². The van der Waals surface area contributed by atoms with Gasteiger partial charge < -0.3 is 15.2 Å². The van der Waals surface area contributed by atoms with Crippen LogP contribution >= 0.6 is 0 Å². The normalized spacial score (nSPS) is 40.8. The first-order valence-corrected chi connectivity index (χ1v) is 4.34. The zero-order valence-corrected chi connectivity index (χ0v) is 6.88. The summed E-state index contributed by atoms with van der Waals surface area (Å²) in [6.07, 6.45) is 1.96. The molecule has 2 aliphatic rings. The summed E-state index contributed by atoms with van der Waals surface area (Å²) in [5.74, 6) is -0.638. The molecule has 0 aromatic rings. The average Bonchev–Trinajstić information content (AvgIpc) is 2.48. The van der Waals surface area contributed by atoms with Gasteiger partial charge in [-0.05, 0) is 12.8 Å². The molecule has 12 heavy (non-hydrogen) atoms. The molecule has 4 nitrogen and oxygen atoms in total. The topological polar surface area (TPSA) is 58.6 Å². The lowest BCUT2D eigenvalue weighted by molar-refractivity contribution is -0.175. The minimum atomic E-state index is -0.905. The number of aliphatic carboxylic acids is 1. The number of fused-ring (bicyclic) bond motifs is 1. The highest BCUT2D eigenvalue weighted by atomic mass is 16.5. The first-order valence-electron chi connectivity index (χ1n) is 4.34. The molecule has 2 atom stereocenters. The minimum absolute atomic E-state index is 0.170. The van der Waals surface area contributed by atoms with E-state index in [1.807, 2.05) is 0 Å². The largest absolute Gasteiger partial charge is 0.479 e. The van der Waals surface area contributed by atoms with Gasteiger partial charge >= 0.3 is 5.97 Å². The molecule has 0 spiro atoms. The number of carboxylic acids is 1. The molecule has 2 heterocycles. The Morgan fingerprint density at radius 1 is 1.67 bits per heavy atom. The lowest BCUT2D eigenvalue weighted by Crippen LogP contribution is -2.51. The number of hydrogen-bond acceptors (Lipinski definition) is 3. The van der Waals surface area contributed by atoms with Crippen molar-refractivity contribution < 1.29 is 14.6 Å². The van der Waals surface area contributed by atoms with E-state index in [2.05, 4.69) is 5.32 Å². The third-order valence-electron chi connectivity index (χ3n) is 2.86. The molecule has 0 saturated carbocycles. The van der Waals surface area contributed by atoms with Crippen molar-refractivity contribution in [1.82, 2.24) is 5.32 Å². The fourth-order valence-electron chi connectivity index (χ4n) is 2.14. The second-order valence-electron chi connectivity index (χ2n) is 3.51. The Bertz CT molecular complexity index is 206. The van der Waals surface area contributed by atoms with Crippen molar-refractivity contribution in [2.75, 3.05) is 19.7 Å². The molecule has 2 aliphatic heterocycles. The van der Waals surface area contributed by atoms with Gasteiger partial charge in [0.2, 0.25) is 0 Å². The van der Waals surface area contributed by atoms with Crippen LogP contribution < -0.4 is 5.32 Å². The number of carbonyl (C=O) groups is 1. The van der Waals surface area contributed by atoms with E-state index in [9.17, 15) is 4.79 Å². The summed E-state index contributed by atoms with van der Waals surface area (Å²) in [6, 6.07) is 0. The maximum absolute atomic E-state index is 11.0. The third kappa shape index (κ3) is 0.949. The molecule has 0 bridgehead atoms. The molecule has 2 unspecified atom stereocenters. The highest BCUT2D eigenvalue weighted by Crippen LogP contribution is 2.34. The second kappa shape index (κ2) is 2.71. The predicted molar refractivity (Wildman–Crippen MR) is 41.9 cm³/mol. The smallest absolute Gasteiger partial charge is 0.337 e. The molecule has 68 valence electrons. The van der Waals surface area contributed by atoms with Crippen molar-refractivity contribution in [3.63, 3.8) is 0 Å². The third-order valence-corrected chi connectivity index (χ3v) is 2.86. The van der Waals surface area contributed by atoms with Crippen LogP contribution in [0.1, 0.15) is 12.8 Å². The van der Waals surface area contributed by atoms with Crippen molar-refractivity contribution in [3.8, 4) is 0 Å². The number of ether oxygens (including phenoxy) is 1. The van der Waals surface area contributed by atoms with E-state index >= 15 is 0 Å². The van der Waals surface area contributed by atoms with Crippen molar-refractivity contribution in [1.29, 1.82) is 0 Å². The van der Waals surface area contributed by atoms with Crippen LogP contribution in [0.3, 0.4) is 0 Å². The fourth-order valence-corrected chi connectivity index (χ4v) is 2.14. The summed E-state index contributed by atoms with van der Waals surface area (Å²) in [4.78, 5) is 11.0. The van der Waals surface area contributed by atoms with E-state index in [1.165, 1.54) is 0 Å². The molecule has 0 amide bonds. The van der Waals surface area contributed by atoms with Gasteiger partial charge in [0, 0.05) is 25.6 Å². The Kier molecular flexibility index (Phi) is 1.81. The molecule has 2 fully saturated rings. The lowest BCUT2D eigenvalue weighted by Gasteiger charge is -2.34. The molecule has 4 heteroatoms. The van der Waals surface area contributed by atoms with Gasteiger partial charge in [-0.15, -0.1) is 0 Å². The number of nitrogens with one attached hydrogen (secondary N) is 1. The Morgan fingerprint density at radius 3 is 3.17 bits per heavy atom.